The van der Waals surface area contributed by atoms with Crippen molar-refractivity contribution in [2.45, 2.75) is 24.9 Å². The summed E-state index contributed by atoms with van der Waals surface area (Å²) in [6.07, 6.45) is -2.47. The molecule has 2 amide bonds. The SMILES string of the molecule is O=C(Nc1ccc(C(F)(F)F)cc1)Nc1c(-c2ccc3c(c2)OCO3)n[nH]c1C1CC1. The molecule has 31 heavy (non-hydrogen) atoms. The Hall–Kier alpha value is -3.69. The third-order valence-corrected chi connectivity index (χ3v) is 5.13. The first-order chi connectivity index (χ1) is 14.9. The van der Waals surface area contributed by atoms with Crippen molar-refractivity contribution in [2.24, 2.45) is 0 Å². The number of urea groups is 1. The number of H-pyrrole nitrogens is 1. The normalized spacial score (nSPS) is 15.1. The van der Waals surface area contributed by atoms with Crippen molar-refractivity contribution in [3.8, 4) is 22.8 Å². The van der Waals surface area contributed by atoms with E-state index in [1.807, 2.05) is 6.07 Å². The molecule has 1 saturated carbocycles. The topological polar surface area (TPSA) is 88.3 Å². The maximum atomic E-state index is 12.7. The number of hydrogen-bond donors (Lipinski definition) is 3. The number of halogens is 3. The van der Waals surface area contributed by atoms with Crippen LogP contribution in [0.4, 0.5) is 29.3 Å². The van der Waals surface area contributed by atoms with Gasteiger partial charge in [0.25, 0.3) is 0 Å². The molecule has 0 saturated heterocycles. The smallest absolute Gasteiger partial charge is 0.416 e. The highest BCUT2D eigenvalue weighted by Crippen LogP contribution is 2.46. The molecule has 5 rings (SSSR count). The van der Waals surface area contributed by atoms with Crippen LogP contribution in [-0.4, -0.2) is 23.0 Å². The minimum Gasteiger partial charge on any atom is -0.454 e. The Kier molecular flexibility index (Phi) is 4.49. The van der Waals surface area contributed by atoms with E-state index in [0.717, 1.165) is 36.2 Å². The molecule has 0 unspecified atom stereocenters. The quantitative estimate of drug-likeness (QED) is 0.521. The second-order valence-corrected chi connectivity index (χ2v) is 7.36. The monoisotopic (exact) mass is 430 g/mol. The van der Waals surface area contributed by atoms with Gasteiger partial charge < -0.3 is 20.1 Å². The molecule has 0 atom stereocenters. The van der Waals surface area contributed by atoms with Gasteiger partial charge in [-0.1, -0.05) is 0 Å². The Balaban J connectivity index is 1.38. The first-order valence-electron chi connectivity index (χ1n) is 9.62. The number of aromatic nitrogens is 2. The minimum absolute atomic E-state index is 0.146. The van der Waals surface area contributed by atoms with Crippen LogP contribution >= 0.6 is 0 Å². The molecule has 0 radical (unpaired) electrons. The Bertz CT molecular complexity index is 1140. The molecule has 2 heterocycles. The molecular weight excluding hydrogens is 413 g/mol. The number of carbonyl (C=O) groups excluding carboxylic acids is 1. The summed E-state index contributed by atoms with van der Waals surface area (Å²) >= 11 is 0. The summed E-state index contributed by atoms with van der Waals surface area (Å²) in [6.45, 7) is 0.146. The van der Waals surface area contributed by atoms with Gasteiger partial charge in [0, 0.05) is 17.2 Å². The number of ether oxygens (including phenoxy) is 2. The zero-order chi connectivity index (χ0) is 21.6. The number of aromatic amines is 1. The van der Waals surface area contributed by atoms with Crippen molar-refractivity contribution in [3.05, 3.63) is 53.7 Å². The van der Waals surface area contributed by atoms with Gasteiger partial charge in [-0.05, 0) is 55.3 Å². The number of anilines is 2. The third-order valence-electron chi connectivity index (χ3n) is 5.13. The van der Waals surface area contributed by atoms with Gasteiger partial charge in [-0.15, -0.1) is 0 Å². The summed E-state index contributed by atoms with van der Waals surface area (Å²) in [5, 5.41) is 12.8. The zero-order valence-electron chi connectivity index (χ0n) is 16.0. The van der Waals surface area contributed by atoms with Crippen LogP contribution in [0.2, 0.25) is 0 Å². The van der Waals surface area contributed by atoms with Gasteiger partial charge in [-0.2, -0.15) is 18.3 Å². The van der Waals surface area contributed by atoms with E-state index in [-0.39, 0.29) is 18.4 Å². The summed E-state index contributed by atoms with van der Waals surface area (Å²) in [6, 6.07) is 9.05. The summed E-state index contributed by atoms with van der Waals surface area (Å²) in [5.74, 6) is 1.50. The number of hydrogen-bond acceptors (Lipinski definition) is 4. The van der Waals surface area contributed by atoms with Crippen molar-refractivity contribution < 1.29 is 27.4 Å². The molecule has 3 aromatic rings. The Morgan fingerprint density at radius 3 is 2.48 bits per heavy atom. The lowest BCUT2D eigenvalue weighted by molar-refractivity contribution is -0.137. The molecule has 0 bridgehead atoms. The highest BCUT2D eigenvalue weighted by Gasteiger charge is 2.32. The highest BCUT2D eigenvalue weighted by molar-refractivity contribution is 6.02. The molecule has 1 aliphatic carbocycles. The van der Waals surface area contributed by atoms with Crippen LogP contribution in [0.1, 0.15) is 30.0 Å². The average Bonchev–Trinajstić information content (AvgIpc) is 3.32. The Labute approximate surface area is 174 Å². The molecule has 1 fully saturated rings. The maximum absolute atomic E-state index is 12.7. The van der Waals surface area contributed by atoms with Gasteiger partial charge in [0.1, 0.15) is 5.69 Å². The van der Waals surface area contributed by atoms with E-state index in [9.17, 15) is 18.0 Å². The van der Waals surface area contributed by atoms with E-state index in [2.05, 4.69) is 20.8 Å². The van der Waals surface area contributed by atoms with Gasteiger partial charge in [0.05, 0.1) is 16.9 Å². The van der Waals surface area contributed by atoms with Crippen LogP contribution in [0.3, 0.4) is 0 Å². The van der Waals surface area contributed by atoms with Crippen LogP contribution < -0.4 is 20.1 Å². The number of benzene rings is 2. The molecule has 160 valence electrons. The standard InChI is InChI=1S/C21H17F3N4O3/c22-21(23,24)13-4-6-14(7-5-13)25-20(29)26-19-17(11-1-2-11)27-28-18(19)12-3-8-15-16(9-12)31-10-30-15/h3-9,11H,1-2,10H2,(H,27,28)(H2,25,26,29). The van der Waals surface area contributed by atoms with Crippen molar-refractivity contribution in [2.75, 3.05) is 17.4 Å². The number of nitrogens with zero attached hydrogens (tertiary/aromatic N) is 1. The zero-order valence-corrected chi connectivity index (χ0v) is 16.0. The van der Waals surface area contributed by atoms with Crippen LogP contribution in [0.15, 0.2) is 42.5 Å². The fraction of sp³-hybridized carbons (Fsp3) is 0.238. The van der Waals surface area contributed by atoms with Gasteiger partial charge in [0.2, 0.25) is 6.79 Å². The van der Waals surface area contributed by atoms with E-state index in [1.54, 1.807) is 12.1 Å². The van der Waals surface area contributed by atoms with Crippen molar-refractivity contribution in [1.82, 2.24) is 10.2 Å². The van der Waals surface area contributed by atoms with E-state index in [4.69, 9.17) is 9.47 Å². The minimum atomic E-state index is -4.43. The molecule has 2 aromatic carbocycles. The lowest BCUT2D eigenvalue weighted by Gasteiger charge is -2.11. The number of amides is 2. The summed E-state index contributed by atoms with van der Waals surface area (Å²) in [5.41, 5.74) is 2.09. The number of nitrogens with one attached hydrogen (secondary N) is 3. The molecule has 1 aromatic heterocycles. The maximum Gasteiger partial charge on any atom is 0.416 e. The number of alkyl halides is 3. The molecule has 2 aliphatic rings. The summed E-state index contributed by atoms with van der Waals surface area (Å²) in [4.78, 5) is 12.6. The second-order valence-electron chi connectivity index (χ2n) is 7.36. The van der Waals surface area contributed by atoms with E-state index >= 15 is 0 Å². The first-order valence-corrected chi connectivity index (χ1v) is 9.62. The third kappa shape index (κ3) is 3.88. The molecule has 0 spiro atoms. The first kappa shape index (κ1) is 19.3. The van der Waals surface area contributed by atoms with Crippen LogP contribution in [0.5, 0.6) is 11.5 Å². The molecule has 3 N–H and O–H groups in total. The van der Waals surface area contributed by atoms with E-state index in [1.165, 1.54) is 12.1 Å². The molecule has 7 nitrogen and oxygen atoms in total. The largest absolute Gasteiger partial charge is 0.454 e. The van der Waals surface area contributed by atoms with Crippen molar-refractivity contribution in [1.29, 1.82) is 0 Å². The number of carbonyl (C=O) groups is 1. The predicted octanol–water partition coefficient (Wildman–Crippen LogP) is 5.35. The fourth-order valence-electron chi connectivity index (χ4n) is 3.42. The van der Waals surface area contributed by atoms with Crippen molar-refractivity contribution in [3.63, 3.8) is 0 Å². The lowest BCUT2D eigenvalue weighted by Crippen LogP contribution is -2.20. The Morgan fingerprint density at radius 1 is 1.03 bits per heavy atom. The van der Waals surface area contributed by atoms with E-state index in [0.29, 0.717) is 22.9 Å². The molecular formula is C21H17F3N4O3. The predicted molar refractivity (Wildman–Crippen MR) is 106 cm³/mol. The van der Waals surface area contributed by atoms with Crippen LogP contribution in [-0.2, 0) is 6.18 Å². The van der Waals surface area contributed by atoms with Crippen LogP contribution in [0.25, 0.3) is 11.3 Å². The summed E-state index contributed by atoms with van der Waals surface area (Å²) in [7, 11) is 0. The van der Waals surface area contributed by atoms with E-state index < -0.39 is 17.8 Å². The molecule has 10 heteroatoms. The summed E-state index contributed by atoms with van der Waals surface area (Å²) < 4.78 is 48.9. The fourth-order valence-corrected chi connectivity index (χ4v) is 3.42. The Morgan fingerprint density at radius 2 is 1.77 bits per heavy atom. The van der Waals surface area contributed by atoms with Crippen molar-refractivity contribution >= 4 is 17.4 Å². The lowest BCUT2D eigenvalue weighted by atomic mass is 10.1. The highest BCUT2D eigenvalue weighted by atomic mass is 19.4. The van der Waals surface area contributed by atoms with Gasteiger partial charge in [-0.25, -0.2) is 4.79 Å². The van der Waals surface area contributed by atoms with Gasteiger partial charge in [0.15, 0.2) is 11.5 Å². The average molecular weight is 430 g/mol. The molecule has 1 aliphatic heterocycles. The van der Waals surface area contributed by atoms with Crippen LogP contribution in [0, 0.1) is 0 Å². The second kappa shape index (κ2) is 7.22. The van der Waals surface area contributed by atoms with Gasteiger partial charge >= 0.3 is 12.2 Å². The van der Waals surface area contributed by atoms with Gasteiger partial charge in [-0.3, -0.25) is 5.10 Å². The number of rotatable bonds is 4. The number of fused-ring (bicyclic) bond motifs is 1.